The van der Waals surface area contributed by atoms with Crippen LogP contribution in [0.4, 0.5) is 5.95 Å². The van der Waals surface area contributed by atoms with Crippen LogP contribution in [0.25, 0.3) is 11.3 Å². The van der Waals surface area contributed by atoms with Gasteiger partial charge in [0.15, 0.2) is 5.75 Å². The van der Waals surface area contributed by atoms with Crippen molar-refractivity contribution in [3.8, 4) is 22.9 Å². The number of halogens is 2. The summed E-state index contributed by atoms with van der Waals surface area (Å²) < 4.78 is 11.1. The maximum atomic E-state index is 11.7. The first-order valence-corrected chi connectivity index (χ1v) is 15.6. The Morgan fingerprint density at radius 2 is 1.72 bits per heavy atom. The lowest BCUT2D eigenvalue weighted by Crippen LogP contribution is -2.54. The Morgan fingerprint density at radius 3 is 2.35 bits per heavy atom. The van der Waals surface area contributed by atoms with Crippen LogP contribution in [0.1, 0.15) is 45.1 Å². The number of hydrogen-bond acceptors (Lipinski definition) is 9. The molecule has 2 saturated heterocycles. The van der Waals surface area contributed by atoms with Crippen molar-refractivity contribution in [1.82, 2.24) is 25.2 Å². The molecule has 0 spiro atoms. The summed E-state index contributed by atoms with van der Waals surface area (Å²) in [5.74, 6) is 1.86. The highest BCUT2D eigenvalue weighted by Crippen LogP contribution is 2.33. The molecule has 0 aliphatic carbocycles. The van der Waals surface area contributed by atoms with Crippen molar-refractivity contribution in [2.24, 2.45) is 11.3 Å². The van der Waals surface area contributed by atoms with Crippen LogP contribution in [0.3, 0.4) is 0 Å². The topological polar surface area (TPSA) is 92.7 Å². The zero-order valence-electron chi connectivity index (χ0n) is 25.3. The number of hydrogen-bond donors (Lipinski definition) is 1. The van der Waals surface area contributed by atoms with E-state index in [4.69, 9.17) is 37.7 Å². The summed E-state index contributed by atoms with van der Waals surface area (Å²) in [6, 6.07) is 9.85. The van der Waals surface area contributed by atoms with E-state index in [0.717, 1.165) is 63.1 Å². The number of carbonyl (C=O) groups is 1. The molecule has 2 aromatic heterocycles. The number of benzene rings is 1. The number of piperidine rings is 2. The van der Waals surface area contributed by atoms with Gasteiger partial charge in [-0.2, -0.15) is 0 Å². The van der Waals surface area contributed by atoms with Crippen molar-refractivity contribution < 1.29 is 14.3 Å². The molecular weight excluding hydrogens is 587 g/mol. The Hall–Kier alpha value is -2.98. The van der Waals surface area contributed by atoms with Gasteiger partial charge in [-0.3, -0.25) is 9.69 Å². The number of carbonyl (C=O) groups excluding carboxylic acids is 1. The molecule has 5 rings (SSSR count). The molecule has 9 nitrogen and oxygen atoms in total. The Morgan fingerprint density at radius 1 is 1.02 bits per heavy atom. The van der Waals surface area contributed by atoms with Crippen LogP contribution in [0.5, 0.6) is 11.6 Å². The van der Waals surface area contributed by atoms with Crippen LogP contribution in [0.2, 0.25) is 10.0 Å². The van der Waals surface area contributed by atoms with Gasteiger partial charge in [0, 0.05) is 53.8 Å². The van der Waals surface area contributed by atoms with E-state index < -0.39 is 0 Å². The summed E-state index contributed by atoms with van der Waals surface area (Å²) in [6.07, 6.45) is 6.82. The molecule has 1 N–H and O–H groups in total. The molecule has 0 amide bonds. The second-order valence-corrected chi connectivity index (χ2v) is 13.1. The van der Waals surface area contributed by atoms with E-state index in [1.54, 1.807) is 18.5 Å². The van der Waals surface area contributed by atoms with Gasteiger partial charge >= 0.3 is 5.97 Å². The summed E-state index contributed by atoms with van der Waals surface area (Å²) in [7, 11) is 3.47. The van der Waals surface area contributed by atoms with E-state index in [2.05, 4.69) is 38.9 Å². The zero-order chi connectivity index (χ0) is 30.6. The molecule has 0 saturated carbocycles. The van der Waals surface area contributed by atoms with Crippen LogP contribution in [0, 0.1) is 11.3 Å². The van der Waals surface area contributed by atoms with Crippen LogP contribution in [0.15, 0.2) is 42.7 Å². The number of ether oxygens (including phenoxy) is 2. The van der Waals surface area contributed by atoms with E-state index in [9.17, 15) is 4.79 Å². The highest BCUT2D eigenvalue weighted by Gasteiger charge is 2.35. The maximum Gasteiger partial charge on any atom is 0.305 e. The summed E-state index contributed by atoms with van der Waals surface area (Å²) in [4.78, 5) is 30.4. The SMILES string of the molecule is CNC1CCN(c2ncc(Oc3cc(CN4CCC(CC(=O)OC)CC4)cc(-c4cc(Cl)cc(Cl)c4)n3)cn2)CC1(C)C. The van der Waals surface area contributed by atoms with Gasteiger partial charge in [-0.1, -0.05) is 37.0 Å². The van der Waals surface area contributed by atoms with Crippen molar-refractivity contribution in [2.45, 2.75) is 52.1 Å². The standard InChI is InChI=1S/C32H40Cl2N6O3/c1-32(2)20-40(10-7-28(32)35-3)31-36-17-26(18-37-31)43-29-12-22(11-27(38-29)23-14-24(33)16-25(34)15-23)19-39-8-5-21(6-9-39)13-30(41)42-4/h11-12,14-18,21,28,35H,5-10,13,19-20H2,1-4H3. The number of rotatable bonds is 9. The van der Waals surface area contributed by atoms with Gasteiger partial charge in [-0.15, -0.1) is 0 Å². The molecule has 230 valence electrons. The van der Waals surface area contributed by atoms with Crippen LogP contribution < -0.4 is 15.0 Å². The summed E-state index contributed by atoms with van der Waals surface area (Å²) in [6.45, 7) is 8.82. The third-order valence-electron chi connectivity index (χ3n) is 8.51. The highest BCUT2D eigenvalue weighted by atomic mass is 35.5. The fraction of sp³-hybridized carbons (Fsp3) is 0.500. The average Bonchev–Trinajstić information content (AvgIpc) is 2.97. The van der Waals surface area contributed by atoms with Crippen molar-refractivity contribution in [1.29, 1.82) is 0 Å². The van der Waals surface area contributed by atoms with Crippen molar-refractivity contribution in [2.75, 3.05) is 45.2 Å². The molecule has 1 unspecified atom stereocenters. The number of methoxy groups -OCH3 is 1. The first kappa shape index (κ1) is 31.4. The highest BCUT2D eigenvalue weighted by molar-refractivity contribution is 6.35. The van der Waals surface area contributed by atoms with Crippen LogP contribution in [-0.2, 0) is 16.1 Å². The number of aromatic nitrogens is 3. The predicted octanol–water partition coefficient (Wildman–Crippen LogP) is 6.24. The van der Waals surface area contributed by atoms with E-state index in [1.165, 1.54) is 7.11 Å². The lowest BCUT2D eigenvalue weighted by molar-refractivity contribution is -0.142. The summed E-state index contributed by atoms with van der Waals surface area (Å²) in [5.41, 5.74) is 2.67. The molecule has 3 aromatic rings. The smallest absolute Gasteiger partial charge is 0.305 e. The lowest BCUT2D eigenvalue weighted by atomic mass is 9.79. The van der Waals surface area contributed by atoms with Gasteiger partial charge < -0.3 is 19.7 Å². The van der Waals surface area contributed by atoms with Crippen LogP contribution in [-0.4, -0.2) is 72.2 Å². The molecule has 2 fully saturated rings. The summed E-state index contributed by atoms with van der Waals surface area (Å²) in [5, 5.41) is 4.51. The van der Waals surface area contributed by atoms with Crippen LogP contribution >= 0.6 is 23.2 Å². The average molecular weight is 628 g/mol. The maximum absolute atomic E-state index is 11.7. The largest absolute Gasteiger partial charge is 0.469 e. The van der Waals surface area contributed by atoms with E-state index in [1.807, 2.05) is 31.3 Å². The number of esters is 1. The Labute approximate surface area is 263 Å². The molecule has 4 heterocycles. The molecule has 43 heavy (non-hydrogen) atoms. The molecule has 1 aromatic carbocycles. The minimum Gasteiger partial charge on any atom is -0.469 e. The van der Waals surface area contributed by atoms with Crippen molar-refractivity contribution in [3.05, 3.63) is 58.3 Å². The molecule has 0 radical (unpaired) electrons. The molecule has 2 aliphatic rings. The number of likely N-dealkylation sites (tertiary alicyclic amines) is 1. The Kier molecular flexibility index (Phi) is 10.1. The first-order valence-electron chi connectivity index (χ1n) is 14.8. The first-order chi connectivity index (χ1) is 20.6. The number of nitrogens with one attached hydrogen (secondary N) is 1. The molecule has 2 aliphatic heterocycles. The Bertz CT molecular complexity index is 1390. The van der Waals surface area contributed by atoms with Crippen molar-refractivity contribution in [3.63, 3.8) is 0 Å². The van der Waals surface area contributed by atoms with Gasteiger partial charge in [-0.25, -0.2) is 15.0 Å². The molecule has 0 bridgehead atoms. The third-order valence-corrected chi connectivity index (χ3v) is 8.95. The monoisotopic (exact) mass is 626 g/mol. The fourth-order valence-electron chi connectivity index (χ4n) is 6.19. The van der Waals surface area contributed by atoms with Gasteiger partial charge in [0.1, 0.15) is 0 Å². The number of pyridine rings is 1. The zero-order valence-corrected chi connectivity index (χ0v) is 26.8. The normalized spacial score (nSPS) is 19.3. The van der Waals surface area contributed by atoms with E-state index >= 15 is 0 Å². The number of anilines is 1. The van der Waals surface area contributed by atoms with E-state index in [-0.39, 0.29) is 11.4 Å². The quantitative estimate of drug-likeness (QED) is 0.277. The molecule has 1 atom stereocenters. The molecule has 11 heteroatoms. The van der Waals surface area contributed by atoms with E-state index in [0.29, 0.717) is 51.7 Å². The number of nitrogens with zero attached hydrogens (tertiary/aromatic N) is 5. The Balaban J connectivity index is 1.33. The predicted molar refractivity (Wildman–Crippen MR) is 170 cm³/mol. The second-order valence-electron chi connectivity index (χ2n) is 12.2. The summed E-state index contributed by atoms with van der Waals surface area (Å²) >= 11 is 12.7. The van der Waals surface area contributed by atoms with Crippen molar-refractivity contribution >= 4 is 35.1 Å². The fourth-order valence-corrected chi connectivity index (χ4v) is 6.71. The minimum atomic E-state index is -0.140. The van der Waals surface area contributed by atoms with Gasteiger partial charge in [0.05, 0.1) is 25.2 Å². The molecular formula is C32H40Cl2N6O3. The van der Waals surface area contributed by atoms with Gasteiger partial charge in [0.25, 0.3) is 0 Å². The minimum absolute atomic E-state index is 0.103. The lowest BCUT2D eigenvalue weighted by Gasteiger charge is -2.44. The van der Waals surface area contributed by atoms with Gasteiger partial charge in [-0.05, 0) is 80.6 Å². The third kappa shape index (κ3) is 8.15. The second kappa shape index (κ2) is 13.8. The van der Waals surface area contributed by atoms with Gasteiger partial charge in [0.2, 0.25) is 11.8 Å².